The van der Waals surface area contributed by atoms with Gasteiger partial charge in [0.2, 0.25) is 10.0 Å². The first-order chi connectivity index (χ1) is 11.7. The summed E-state index contributed by atoms with van der Waals surface area (Å²) < 4.78 is 27.9. The maximum atomic E-state index is 12.5. The number of thiophene rings is 1. The number of sulfonamides is 1. The molecule has 3 rings (SSSR count). The molecule has 1 aliphatic heterocycles. The highest BCUT2D eigenvalue weighted by Crippen LogP contribution is 2.26. The van der Waals surface area contributed by atoms with Crippen LogP contribution < -0.4 is 4.72 Å². The number of hydrogen-bond acceptors (Lipinski definition) is 4. The molecule has 0 saturated carbocycles. The predicted octanol–water partition coefficient (Wildman–Crippen LogP) is 3.64. The van der Waals surface area contributed by atoms with Crippen LogP contribution >= 0.6 is 11.3 Å². The van der Waals surface area contributed by atoms with Crippen LogP contribution in [0.1, 0.15) is 37.3 Å². The normalized spacial score (nSPS) is 18.2. The third-order valence-electron chi connectivity index (χ3n) is 4.53. The van der Waals surface area contributed by atoms with Crippen molar-refractivity contribution in [2.75, 3.05) is 19.6 Å². The third-order valence-corrected chi connectivity index (χ3v) is 6.67. The van der Waals surface area contributed by atoms with Gasteiger partial charge < -0.3 is 0 Å². The lowest BCUT2D eigenvalue weighted by Gasteiger charge is -2.30. The van der Waals surface area contributed by atoms with Crippen LogP contribution in [0.5, 0.6) is 0 Å². The van der Waals surface area contributed by atoms with Gasteiger partial charge in [-0.1, -0.05) is 31.0 Å². The molecule has 2 heterocycles. The Balaban J connectivity index is 1.75. The van der Waals surface area contributed by atoms with Gasteiger partial charge in [-0.25, -0.2) is 13.1 Å². The minimum absolute atomic E-state index is 0.104. The van der Waals surface area contributed by atoms with Gasteiger partial charge >= 0.3 is 0 Å². The van der Waals surface area contributed by atoms with Crippen molar-refractivity contribution in [3.8, 4) is 0 Å². The molecule has 1 fully saturated rings. The predicted molar refractivity (Wildman–Crippen MR) is 98.7 cm³/mol. The van der Waals surface area contributed by atoms with Gasteiger partial charge in [0.05, 0.1) is 4.90 Å². The zero-order valence-corrected chi connectivity index (χ0v) is 15.4. The zero-order chi connectivity index (χ0) is 16.8. The average Bonchev–Trinajstić information content (AvgIpc) is 2.99. The Labute approximate surface area is 148 Å². The molecular weight excluding hydrogens is 340 g/mol. The smallest absolute Gasteiger partial charge is 0.240 e. The summed E-state index contributed by atoms with van der Waals surface area (Å²) in [6.45, 7) is 2.48. The van der Waals surface area contributed by atoms with Crippen molar-refractivity contribution in [1.82, 2.24) is 9.62 Å². The number of nitrogens with one attached hydrogen (secondary N) is 1. The molecule has 6 heteroatoms. The molecule has 0 unspecified atom stereocenters. The van der Waals surface area contributed by atoms with Crippen LogP contribution in [0.2, 0.25) is 0 Å². The first-order valence-electron chi connectivity index (χ1n) is 8.48. The summed E-state index contributed by atoms with van der Waals surface area (Å²) in [7, 11) is -3.47. The summed E-state index contributed by atoms with van der Waals surface area (Å²) in [6.07, 6.45) is 4.91. The molecule has 4 nitrogen and oxygen atoms in total. The van der Waals surface area contributed by atoms with Gasteiger partial charge in [0.25, 0.3) is 0 Å². The highest BCUT2D eigenvalue weighted by Gasteiger charge is 2.24. The van der Waals surface area contributed by atoms with Crippen LogP contribution in [0.25, 0.3) is 0 Å². The second kappa shape index (κ2) is 8.25. The number of benzene rings is 1. The Morgan fingerprint density at radius 2 is 1.75 bits per heavy atom. The molecule has 24 heavy (non-hydrogen) atoms. The van der Waals surface area contributed by atoms with Gasteiger partial charge in [-0.15, -0.1) is 0 Å². The summed E-state index contributed by atoms with van der Waals surface area (Å²) in [5.41, 5.74) is 1.21. The van der Waals surface area contributed by atoms with E-state index in [9.17, 15) is 8.42 Å². The summed E-state index contributed by atoms with van der Waals surface area (Å²) in [5, 5.41) is 4.19. The minimum atomic E-state index is -3.47. The van der Waals surface area contributed by atoms with Gasteiger partial charge in [-0.2, -0.15) is 11.3 Å². The SMILES string of the molecule is O=S(=O)(NC[C@H](c1ccsc1)N1CCCCCC1)c1ccccc1. The van der Waals surface area contributed by atoms with Gasteiger partial charge in [-0.05, 0) is 60.5 Å². The van der Waals surface area contributed by atoms with E-state index < -0.39 is 10.0 Å². The molecule has 1 aromatic heterocycles. The molecule has 1 atom stereocenters. The number of hydrogen-bond donors (Lipinski definition) is 1. The topological polar surface area (TPSA) is 49.4 Å². The molecule has 0 aliphatic carbocycles. The zero-order valence-electron chi connectivity index (χ0n) is 13.7. The first-order valence-corrected chi connectivity index (χ1v) is 10.9. The van der Waals surface area contributed by atoms with Crippen LogP contribution in [-0.4, -0.2) is 33.0 Å². The maximum Gasteiger partial charge on any atom is 0.240 e. The lowest BCUT2D eigenvalue weighted by molar-refractivity contribution is 0.206. The Morgan fingerprint density at radius 1 is 1.04 bits per heavy atom. The van der Waals surface area contributed by atoms with Gasteiger partial charge in [0.15, 0.2) is 0 Å². The summed E-state index contributed by atoms with van der Waals surface area (Å²) >= 11 is 1.66. The van der Waals surface area contributed by atoms with E-state index in [1.54, 1.807) is 35.6 Å². The van der Waals surface area contributed by atoms with E-state index in [0.717, 1.165) is 13.1 Å². The van der Waals surface area contributed by atoms with Crippen LogP contribution in [-0.2, 0) is 10.0 Å². The number of nitrogens with zero attached hydrogens (tertiary/aromatic N) is 1. The fraction of sp³-hybridized carbons (Fsp3) is 0.444. The van der Waals surface area contributed by atoms with Gasteiger partial charge in [0.1, 0.15) is 0 Å². The van der Waals surface area contributed by atoms with Gasteiger partial charge in [-0.3, -0.25) is 4.90 Å². The molecule has 0 spiro atoms. The van der Waals surface area contributed by atoms with Crippen LogP contribution in [0.3, 0.4) is 0 Å². The molecule has 0 amide bonds. The maximum absolute atomic E-state index is 12.5. The molecule has 130 valence electrons. The molecule has 1 N–H and O–H groups in total. The Bertz CT molecular complexity index is 707. The third kappa shape index (κ3) is 4.45. The Hall–Kier alpha value is -1.21. The molecule has 0 bridgehead atoms. The number of likely N-dealkylation sites (tertiary alicyclic amines) is 1. The average molecular weight is 365 g/mol. The largest absolute Gasteiger partial charge is 0.295 e. The van der Waals surface area contributed by atoms with Crippen molar-refractivity contribution in [1.29, 1.82) is 0 Å². The van der Waals surface area contributed by atoms with Crippen LogP contribution in [0.15, 0.2) is 52.1 Å². The molecule has 0 radical (unpaired) electrons. The lowest BCUT2D eigenvalue weighted by atomic mass is 10.1. The quantitative estimate of drug-likeness (QED) is 0.851. The van der Waals surface area contributed by atoms with Crippen molar-refractivity contribution >= 4 is 21.4 Å². The van der Waals surface area contributed by atoms with Crippen molar-refractivity contribution in [3.63, 3.8) is 0 Å². The fourth-order valence-electron chi connectivity index (χ4n) is 3.20. The molecular formula is C18H24N2O2S2. The van der Waals surface area contributed by atoms with E-state index in [-0.39, 0.29) is 6.04 Å². The van der Waals surface area contributed by atoms with Crippen molar-refractivity contribution in [2.24, 2.45) is 0 Å². The highest BCUT2D eigenvalue weighted by atomic mass is 32.2. The first kappa shape index (κ1) is 17.6. The van der Waals surface area contributed by atoms with E-state index in [0.29, 0.717) is 11.4 Å². The van der Waals surface area contributed by atoms with Crippen LogP contribution in [0, 0.1) is 0 Å². The highest BCUT2D eigenvalue weighted by molar-refractivity contribution is 7.89. The lowest BCUT2D eigenvalue weighted by Crippen LogP contribution is -2.38. The van der Waals surface area contributed by atoms with E-state index >= 15 is 0 Å². The van der Waals surface area contributed by atoms with Crippen molar-refractivity contribution in [2.45, 2.75) is 36.6 Å². The summed E-state index contributed by atoms with van der Waals surface area (Å²) in [4.78, 5) is 2.76. The standard InChI is InChI=1S/C18H24N2O2S2/c21-24(22,17-8-4-3-5-9-17)19-14-18(16-10-13-23-15-16)20-11-6-1-2-7-12-20/h3-5,8-10,13,15,18-19H,1-2,6-7,11-12,14H2/t18-/m1/s1. The molecule has 2 aromatic rings. The van der Waals surface area contributed by atoms with Crippen molar-refractivity contribution < 1.29 is 8.42 Å². The van der Waals surface area contributed by atoms with E-state index in [1.165, 1.54) is 31.2 Å². The molecule has 1 aliphatic rings. The number of rotatable bonds is 6. The van der Waals surface area contributed by atoms with Crippen molar-refractivity contribution in [3.05, 3.63) is 52.7 Å². The van der Waals surface area contributed by atoms with E-state index in [2.05, 4.69) is 26.4 Å². The van der Waals surface area contributed by atoms with Gasteiger partial charge in [0, 0.05) is 12.6 Å². The monoisotopic (exact) mass is 364 g/mol. The minimum Gasteiger partial charge on any atom is -0.295 e. The second-order valence-electron chi connectivity index (χ2n) is 6.19. The second-order valence-corrected chi connectivity index (χ2v) is 8.73. The Morgan fingerprint density at radius 3 is 2.38 bits per heavy atom. The van der Waals surface area contributed by atoms with E-state index in [1.807, 2.05) is 6.07 Å². The molecule has 1 saturated heterocycles. The summed E-state index contributed by atoms with van der Waals surface area (Å²) in [5.74, 6) is 0. The van der Waals surface area contributed by atoms with E-state index in [4.69, 9.17) is 0 Å². The van der Waals surface area contributed by atoms with Crippen LogP contribution in [0.4, 0.5) is 0 Å². The fourth-order valence-corrected chi connectivity index (χ4v) is 4.97. The Kier molecular flexibility index (Phi) is 6.05. The summed E-state index contributed by atoms with van der Waals surface area (Å²) in [6, 6.07) is 10.8. The molecule has 1 aromatic carbocycles.